The third-order valence-corrected chi connectivity index (χ3v) is 1.62. The monoisotopic (exact) mass is 214 g/mol. The zero-order valence-electron chi connectivity index (χ0n) is 7.10. The fourth-order valence-corrected chi connectivity index (χ4v) is 0.959. The molecule has 0 N–H and O–H groups in total. The van der Waals surface area contributed by atoms with Crippen LogP contribution in [0.3, 0.4) is 0 Å². The predicted molar refractivity (Wildman–Crippen MR) is 43.4 cm³/mol. The van der Waals surface area contributed by atoms with Gasteiger partial charge in [0.15, 0.2) is 0 Å². The van der Waals surface area contributed by atoms with Gasteiger partial charge in [0.1, 0.15) is 5.38 Å². The van der Waals surface area contributed by atoms with Gasteiger partial charge in [0.25, 0.3) is 0 Å². The smallest absolute Gasteiger partial charge is 0.304 e. The molecule has 6 heteroatoms. The maximum atomic E-state index is 11.7. The molecule has 0 aliphatic carbocycles. The summed E-state index contributed by atoms with van der Waals surface area (Å²) in [5, 5.41) is 7.53. The van der Waals surface area contributed by atoms with E-state index in [1.165, 1.54) is 11.9 Å². The normalized spacial score (nSPS) is 14.2. The molecule has 0 radical (unpaired) electrons. The Kier molecular flexibility index (Phi) is 5.11. The van der Waals surface area contributed by atoms with E-state index in [9.17, 15) is 13.2 Å². The highest BCUT2D eigenvalue weighted by Gasteiger charge is 2.27. The van der Waals surface area contributed by atoms with Gasteiger partial charge in [0, 0.05) is 13.1 Å². The first kappa shape index (κ1) is 12.5. The van der Waals surface area contributed by atoms with Crippen LogP contribution in [0.1, 0.15) is 6.42 Å². The van der Waals surface area contributed by atoms with Crippen LogP contribution in [0.5, 0.6) is 0 Å². The van der Waals surface area contributed by atoms with Gasteiger partial charge in [-0.05, 0) is 7.05 Å². The molecule has 0 aliphatic rings. The Hall–Kier alpha value is -0.470. The molecule has 0 heterocycles. The van der Waals surface area contributed by atoms with Gasteiger partial charge in [-0.1, -0.05) is 0 Å². The van der Waals surface area contributed by atoms with Gasteiger partial charge in [-0.25, -0.2) is 0 Å². The standard InChI is InChI=1S/C7H10ClF3N2/c1-13(5-6(8)4-12)3-2-7(9,10)11/h6H,2-3,5H2,1H3. The molecule has 0 aliphatic heterocycles. The molecule has 0 saturated heterocycles. The third-order valence-electron chi connectivity index (χ3n) is 1.39. The first-order valence-electron chi connectivity index (χ1n) is 3.64. The fourth-order valence-electron chi connectivity index (χ4n) is 0.723. The Balaban J connectivity index is 3.65. The Bertz CT molecular complexity index is 187. The number of hydrogen-bond donors (Lipinski definition) is 0. The summed E-state index contributed by atoms with van der Waals surface area (Å²) in [5.41, 5.74) is 0. The number of alkyl halides is 4. The van der Waals surface area contributed by atoms with Crippen molar-refractivity contribution in [3.63, 3.8) is 0 Å². The minimum absolute atomic E-state index is 0.131. The van der Waals surface area contributed by atoms with Gasteiger partial charge in [-0.2, -0.15) is 18.4 Å². The lowest BCUT2D eigenvalue weighted by molar-refractivity contribution is -0.137. The Morgan fingerprint density at radius 1 is 1.54 bits per heavy atom. The van der Waals surface area contributed by atoms with Crippen LogP contribution < -0.4 is 0 Å². The second-order valence-corrected chi connectivity index (χ2v) is 3.25. The van der Waals surface area contributed by atoms with Crippen LogP contribution in [0.25, 0.3) is 0 Å². The number of nitrogens with zero attached hydrogens (tertiary/aromatic N) is 2. The summed E-state index contributed by atoms with van der Waals surface area (Å²) in [4.78, 5) is 1.38. The molecule has 1 unspecified atom stereocenters. The lowest BCUT2D eigenvalue weighted by atomic mass is 10.3. The molecule has 0 bridgehead atoms. The summed E-state index contributed by atoms with van der Waals surface area (Å²) < 4.78 is 35.1. The molecule has 0 spiro atoms. The molecule has 0 fully saturated rings. The van der Waals surface area contributed by atoms with E-state index in [0.29, 0.717) is 0 Å². The molecular formula is C7H10ClF3N2. The topological polar surface area (TPSA) is 27.0 Å². The van der Waals surface area contributed by atoms with Gasteiger partial charge in [0.2, 0.25) is 0 Å². The molecule has 2 nitrogen and oxygen atoms in total. The average Bonchev–Trinajstić information content (AvgIpc) is 1.99. The summed E-state index contributed by atoms with van der Waals surface area (Å²) in [6.45, 7) is 0.0164. The number of nitriles is 1. The van der Waals surface area contributed by atoms with E-state index in [4.69, 9.17) is 16.9 Å². The zero-order valence-corrected chi connectivity index (χ0v) is 7.86. The van der Waals surface area contributed by atoms with Crippen LogP contribution in [0.4, 0.5) is 13.2 Å². The zero-order chi connectivity index (χ0) is 10.5. The van der Waals surface area contributed by atoms with Crippen LogP contribution in [0.15, 0.2) is 0 Å². The van der Waals surface area contributed by atoms with Gasteiger partial charge in [0.05, 0.1) is 12.5 Å². The molecule has 0 saturated carbocycles. The number of hydrogen-bond acceptors (Lipinski definition) is 2. The minimum atomic E-state index is -4.15. The maximum absolute atomic E-state index is 11.7. The van der Waals surface area contributed by atoms with Crippen molar-refractivity contribution in [1.29, 1.82) is 5.26 Å². The SMILES string of the molecule is CN(CCC(F)(F)F)CC(Cl)C#N. The summed E-state index contributed by atoms with van der Waals surface area (Å²) in [5.74, 6) is 0. The van der Waals surface area contributed by atoms with Crippen molar-refractivity contribution in [3.8, 4) is 6.07 Å². The van der Waals surface area contributed by atoms with E-state index in [0.717, 1.165) is 0 Å². The lowest BCUT2D eigenvalue weighted by Gasteiger charge is -2.17. The molecule has 0 rings (SSSR count). The van der Waals surface area contributed by atoms with Crippen molar-refractivity contribution >= 4 is 11.6 Å². The largest absolute Gasteiger partial charge is 0.390 e. The highest BCUT2D eigenvalue weighted by molar-refractivity contribution is 6.22. The third kappa shape index (κ3) is 7.88. The van der Waals surface area contributed by atoms with Gasteiger partial charge >= 0.3 is 6.18 Å². The molecule has 76 valence electrons. The first-order valence-corrected chi connectivity index (χ1v) is 4.08. The molecular weight excluding hydrogens is 205 g/mol. The van der Waals surface area contributed by atoms with E-state index in [1.807, 2.05) is 0 Å². The van der Waals surface area contributed by atoms with Crippen LogP contribution in [-0.2, 0) is 0 Å². The second-order valence-electron chi connectivity index (χ2n) is 2.72. The molecule has 1 atom stereocenters. The molecule has 0 aromatic carbocycles. The second kappa shape index (κ2) is 5.30. The van der Waals surface area contributed by atoms with E-state index in [2.05, 4.69) is 0 Å². The van der Waals surface area contributed by atoms with Crippen LogP contribution in [-0.4, -0.2) is 36.6 Å². The molecule has 0 aromatic rings. The van der Waals surface area contributed by atoms with Crippen molar-refractivity contribution in [2.24, 2.45) is 0 Å². The molecule has 0 aromatic heterocycles. The minimum Gasteiger partial charge on any atom is -0.304 e. The van der Waals surface area contributed by atoms with Crippen molar-refractivity contribution in [3.05, 3.63) is 0 Å². The Morgan fingerprint density at radius 2 is 2.08 bits per heavy atom. The van der Waals surface area contributed by atoms with Crippen molar-refractivity contribution in [1.82, 2.24) is 4.90 Å². The van der Waals surface area contributed by atoms with Gasteiger partial charge in [-0.3, -0.25) is 0 Å². The van der Waals surface area contributed by atoms with Gasteiger partial charge < -0.3 is 4.90 Å². The highest BCUT2D eigenvalue weighted by atomic mass is 35.5. The predicted octanol–water partition coefficient (Wildman–Crippen LogP) is 2.00. The summed E-state index contributed by atoms with van der Waals surface area (Å²) in [6.07, 6.45) is -5.03. The number of halogens is 4. The van der Waals surface area contributed by atoms with E-state index in [1.54, 1.807) is 6.07 Å². The molecule has 13 heavy (non-hydrogen) atoms. The van der Waals surface area contributed by atoms with Crippen molar-refractivity contribution in [2.75, 3.05) is 20.1 Å². The summed E-state index contributed by atoms with van der Waals surface area (Å²) in [6, 6.07) is 1.74. The van der Waals surface area contributed by atoms with E-state index in [-0.39, 0.29) is 13.1 Å². The highest BCUT2D eigenvalue weighted by Crippen LogP contribution is 2.19. The average molecular weight is 215 g/mol. The van der Waals surface area contributed by atoms with E-state index >= 15 is 0 Å². The first-order chi connectivity index (χ1) is 5.85. The van der Waals surface area contributed by atoms with Crippen molar-refractivity contribution in [2.45, 2.75) is 18.0 Å². The van der Waals surface area contributed by atoms with Crippen LogP contribution >= 0.6 is 11.6 Å². The van der Waals surface area contributed by atoms with Crippen LogP contribution in [0.2, 0.25) is 0 Å². The lowest BCUT2D eigenvalue weighted by Crippen LogP contribution is -2.29. The van der Waals surface area contributed by atoms with Crippen molar-refractivity contribution < 1.29 is 13.2 Å². The Morgan fingerprint density at radius 3 is 2.46 bits per heavy atom. The summed E-state index contributed by atoms with van der Waals surface area (Å²) >= 11 is 5.43. The number of rotatable bonds is 4. The fraction of sp³-hybridized carbons (Fsp3) is 0.857. The van der Waals surface area contributed by atoms with Crippen LogP contribution in [0, 0.1) is 11.3 Å². The summed E-state index contributed by atoms with van der Waals surface area (Å²) in [7, 11) is 1.50. The van der Waals surface area contributed by atoms with E-state index < -0.39 is 18.0 Å². The quantitative estimate of drug-likeness (QED) is 0.670. The van der Waals surface area contributed by atoms with Gasteiger partial charge in [-0.15, -0.1) is 11.6 Å². The molecule has 0 amide bonds. The Labute approximate surface area is 79.9 Å². The maximum Gasteiger partial charge on any atom is 0.390 e.